The SMILES string of the molecule is Cc1cccc2c(=O)n(CCC(=O)N[C@@H]3C=C[C@H](CO)C3)cnc12. The Morgan fingerprint density at radius 1 is 1.42 bits per heavy atom. The molecule has 24 heavy (non-hydrogen) atoms. The highest BCUT2D eigenvalue weighted by Crippen LogP contribution is 2.17. The molecule has 2 aromatic rings. The van der Waals surface area contributed by atoms with Gasteiger partial charge >= 0.3 is 0 Å². The number of hydrogen-bond acceptors (Lipinski definition) is 4. The van der Waals surface area contributed by atoms with E-state index in [1.165, 1.54) is 10.9 Å². The van der Waals surface area contributed by atoms with Gasteiger partial charge in [0.2, 0.25) is 5.91 Å². The van der Waals surface area contributed by atoms with Crippen LogP contribution in [0.25, 0.3) is 10.9 Å². The highest BCUT2D eigenvalue weighted by Gasteiger charge is 2.19. The zero-order chi connectivity index (χ0) is 17.1. The van der Waals surface area contributed by atoms with E-state index in [0.29, 0.717) is 17.4 Å². The molecule has 0 saturated heterocycles. The van der Waals surface area contributed by atoms with Crippen molar-refractivity contribution < 1.29 is 9.90 Å². The number of nitrogens with zero attached hydrogens (tertiary/aromatic N) is 2. The van der Waals surface area contributed by atoms with Crippen molar-refractivity contribution in [1.29, 1.82) is 0 Å². The van der Waals surface area contributed by atoms with Crippen molar-refractivity contribution in [2.24, 2.45) is 5.92 Å². The van der Waals surface area contributed by atoms with Gasteiger partial charge in [-0.25, -0.2) is 4.98 Å². The number of aromatic nitrogens is 2. The van der Waals surface area contributed by atoms with Crippen LogP contribution in [0.5, 0.6) is 0 Å². The van der Waals surface area contributed by atoms with Crippen LogP contribution in [0.15, 0.2) is 41.5 Å². The fourth-order valence-corrected chi connectivity index (χ4v) is 3.01. The normalized spacial score (nSPS) is 19.8. The lowest BCUT2D eigenvalue weighted by Gasteiger charge is -2.13. The second kappa shape index (κ2) is 6.97. The van der Waals surface area contributed by atoms with Crippen LogP contribution in [-0.4, -0.2) is 33.2 Å². The molecular formula is C18H21N3O3. The highest BCUT2D eigenvalue weighted by atomic mass is 16.3. The second-order valence-corrected chi connectivity index (χ2v) is 6.20. The van der Waals surface area contributed by atoms with Crippen molar-refractivity contribution in [3.05, 3.63) is 52.6 Å². The van der Waals surface area contributed by atoms with Crippen molar-refractivity contribution in [2.75, 3.05) is 6.61 Å². The Bertz CT molecular complexity index is 841. The number of carbonyl (C=O) groups excluding carboxylic acids is 1. The van der Waals surface area contributed by atoms with E-state index >= 15 is 0 Å². The Morgan fingerprint density at radius 2 is 2.25 bits per heavy atom. The van der Waals surface area contributed by atoms with Gasteiger partial charge < -0.3 is 10.4 Å². The Kier molecular flexibility index (Phi) is 4.76. The molecule has 1 heterocycles. The third-order valence-corrected chi connectivity index (χ3v) is 4.39. The number of benzene rings is 1. The largest absolute Gasteiger partial charge is 0.396 e. The van der Waals surface area contributed by atoms with E-state index < -0.39 is 0 Å². The van der Waals surface area contributed by atoms with Gasteiger partial charge in [0.15, 0.2) is 0 Å². The molecule has 2 N–H and O–H groups in total. The summed E-state index contributed by atoms with van der Waals surface area (Å²) >= 11 is 0. The standard InChI is InChI=1S/C18H21N3O3/c1-12-3-2-4-15-17(12)19-11-21(18(15)24)8-7-16(23)20-14-6-5-13(9-14)10-22/h2-6,11,13-14,22H,7-10H2,1H3,(H,20,23)/t13-,14+/m0/s1. The van der Waals surface area contributed by atoms with Gasteiger partial charge in [-0.15, -0.1) is 0 Å². The Hall–Kier alpha value is -2.47. The molecule has 0 fully saturated rings. The van der Waals surface area contributed by atoms with E-state index in [1.807, 2.05) is 31.2 Å². The maximum atomic E-state index is 12.5. The van der Waals surface area contributed by atoms with Gasteiger partial charge in [-0.1, -0.05) is 24.3 Å². The summed E-state index contributed by atoms with van der Waals surface area (Å²) in [6.45, 7) is 2.31. The van der Waals surface area contributed by atoms with Gasteiger partial charge in [-0.3, -0.25) is 14.2 Å². The average molecular weight is 327 g/mol. The first-order chi connectivity index (χ1) is 11.6. The predicted octanol–water partition coefficient (Wildman–Crippen LogP) is 1.15. The molecule has 0 aliphatic heterocycles. The first kappa shape index (κ1) is 16.4. The van der Waals surface area contributed by atoms with Gasteiger partial charge in [-0.05, 0) is 25.0 Å². The van der Waals surface area contributed by atoms with E-state index in [1.54, 1.807) is 6.07 Å². The summed E-state index contributed by atoms with van der Waals surface area (Å²) in [6, 6.07) is 5.47. The number of carbonyl (C=O) groups is 1. The van der Waals surface area contributed by atoms with Crippen LogP contribution >= 0.6 is 0 Å². The molecular weight excluding hydrogens is 306 g/mol. The monoisotopic (exact) mass is 327 g/mol. The number of aliphatic hydroxyl groups excluding tert-OH is 1. The van der Waals surface area contributed by atoms with E-state index in [2.05, 4.69) is 10.3 Å². The fourth-order valence-electron chi connectivity index (χ4n) is 3.01. The number of aliphatic hydroxyl groups is 1. The van der Waals surface area contributed by atoms with Crippen LogP contribution < -0.4 is 10.9 Å². The second-order valence-electron chi connectivity index (χ2n) is 6.20. The first-order valence-corrected chi connectivity index (χ1v) is 8.12. The van der Waals surface area contributed by atoms with E-state index in [9.17, 15) is 9.59 Å². The van der Waals surface area contributed by atoms with Crippen molar-refractivity contribution in [2.45, 2.75) is 32.4 Å². The van der Waals surface area contributed by atoms with Crippen LogP contribution in [-0.2, 0) is 11.3 Å². The number of rotatable bonds is 5. The van der Waals surface area contributed by atoms with E-state index in [0.717, 1.165) is 12.0 Å². The van der Waals surface area contributed by atoms with Crippen molar-refractivity contribution in [1.82, 2.24) is 14.9 Å². The Morgan fingerprint density at radius 3 is 3.00 bits per heavy atom. The van der Waals surface area contributed by atoms with Crippen LogP contribution in [0.1, 0.15) is 18.4 Å². The summed E-state index contributed by atoms with van der Waals surface area (Å²) < 4.78 is 1.47. The topological polar surface area (TPSA) is 84.2 Å². The number of hydrogen-bond donors (Lipinski definition) is 2. The number of amides is 1. The molecule has 0 bridgehead atoms. The summed E-state index contributed by atoms with van der Waals surface area (Å²) in [7, 11) is 0. The van der Waals surface area contributed by atoms with E-state index in [4.69, 9.17) is 5.11 Å². The van der Waals surface area contributed by atoms with Crippen LogP contribution in [0.2, 0.25) is 0 Å². The van der Waals surface area contributed by atoms with Crippen molar-refractivity contribution in [3.63, 3.8) is 0 Å². The van der Waals surface area contributed by atoms with Crippen LogP contribution in [0.3, 0.4) is 0 Å². The smallest absolute Gasteiger partial charge is 0.261 e. The lowest BCUT2D eigenvalue weighted by molar-refractivity contribution is -0.121. The lowest BCUT2D eigenvalue weighted by atomic mass is 10.1. The van der Waals surface area contributed by atoms with Gasteiger partial charge in [0, 0.05) is 31.5 Å². The van der Waals surface area contributed by atoms with Gasteiger partial charge in [0.25, 0.3) is 5.56 Å². The molecule has 1 amide bonds. The Balaban J connectivity index is 1.64. The molecule has 6 nitrogen and oxygen atoms in total. The third-order valence-electron chi connectivity index (χ3n) is 4.39. The minimum atomic E-state index is -0.127. The molecule has 1 aromatic heterocycles. The predicted molar refractivity (Wildman–Crippen MR) is 91.6 cm³/mol. The molecule has 126 valence electrons. The summed E-state index contributed by atoms with van der Waals surface area (Å²) in [5, 5.41) is 12.6. The van der Waals surface area contributed by atoms with Crippen LogP contribution in [0, 0.1) is 12.8 Å². The van der Waals surface area contributed by atoms with Gasteiger partial charge in [-0.2, -0.15) is 0 Å². The quantitative estimate of drug-likeness (QED) is 0.807. The Labute approximate surface area is 139 Å². The highest BCUT2D eigenvalue weighted by molar-refractivity contribution is 5.80. The van der Waals surface area contributed by atoms with Crippen molar-refractivity contribution >= 4 is 16.8 Å². The maximum absolute atomic E-state index is 12.5. The molecule has 0 unspecified atom stereocenters. The third kappa shape index (κ3) is 3.38. The summed E-state index contributed by atoms with van der Waals surface area (Å²) in [4.78, 5) is 28.9. The number of fused-ring (bicyclic) bond motifs is 1. The van der Waals surface area contributed by atoms with Gasteiger partial charge in [0.1, 0.15) is 0 Å². The zero-order valence-electron chi connectivity index (χ0n) is 13.6. The van der Waals surface area contributed by atoms with Gasteiger partial charge in [0.05, 0.1) is 17.2 Å². The van der Waals surface area contributed by atoms with E-state index in [-0.39, 0.29) is 36.5 Å². The molecule has 0 spiro atoms. The van der Waals surface area contributed by atoms with Crippen molar-refractivity contribution in [3.8, 4) is 0 Å². The molecule has 0 saturated carbocycles. The van der Waals surface area contributed by atoms with Crippen LogP contribution in [0.4, 0.5) is 0 Å². The summed E-state index contributed by atoms with van der Waals surface area (Å²) in [6.07, 6.45) is 6.27. The minimum Gasteiger partial charge on any atom is -0.396 e. The molecule has 6 heteroatoms. The summed E-state index contributed by atoms with van der Waals surface area (Å²) in [5.41, 5.74) is 1.54. The first-order valence-electron chi connectivity index (χ1n) is 8.12. The zero-order valence-corrected chi connectivity index (χ0v) is 13.6. The molecule has 1 aliphatic rings. The number of aryl methyl sites for hydroxylation is 2. The number of nitrogens with one attached hydrogen (secondary N) is 1. The molecule has 1 aromatic carbocycles. The molecule has 3 rings (SSSR count). The minimum absolute atomic E-state index is 0.0382. The lowest BCUT2D eigenvalue weighted by Crippen LogP contribution is -2.34. The number of para-hydroxylation sites is 1. The maximum Gasteiger partial charge on any atom is 0.261 e. The molecule has 1 aliphatic carbocycles. The molecule has 0 radical (unpaired) electrons. The average Bonchev–Trinajstić information content (AvgIpc) is 3.02. The summed E-state index contributed by atoms with van der Waals surface area (Å²) in [5.74, 6) is 0.00493. The molecule has 2 atom stereocenters. The fraction of sp³-hybridized carbons (Fsp3) is 0.389.